The van der Waals surface area contributed by atoms with Gasteiger partial charge in [-0.25, -0.2) is 8.42 Å². The number of carbonyl (C=O) groups is 1. The Hall–Kier alpha value is -1.56. The molecule has 0 saturated carbocycles. The Morgan fingerprint density at radius 2 is 1.62 bits per heavy atom. The van der Waals surface area contributed by atoms with Crippen LogP contribution in [0.3, 0.4) is 0 Å². The van der Waals surface area contributed by atoms with Crippen LogP contribution in [0.5, 0.6) is 0 Å². The Bertz CT molecular complexity index is 702. The highest BCUT2D eigenvalue weighted by Crippen LogP contribution is 2.27. The van der Waals surface area contributed by atoms with Crippen molar-refractivity contribution in [2.45, 2.75) is 66.3 Å². The average Bonchev–Trinajstić information content (AvgIpc) is 2.40. The van der Waals surface area contributed by atoms with E-state index in [1.165, 1.54) is 10.6 Å². The minimum absolute atomic E-state index is 0.0448. The summed E-state index contributed by atoms with van der Waals surface area (Å²) in [5, 5.41) is 3.07. The fourth-order valence-corrected chi connectivity index (χ4v) is 4.36. The van der Waals surface area contributed by atoms with Gasteiger partial charge in [-0.3, -0.25) is 9.10 Å². The Morgan fingerprint density at radius 1 is 1.08 bits per heavy atom. The average molecular weight is 383 g/mol. The van der Waals surface area contributed by atoms with Gasteiger partial charge in [-0.15, -0.1) is 0 Å². The number of hydrogen-bond acceptors (Lipinski definition) is 3. The lowest BCUT2D eigenvalue weighted by molar-refractivity contribution is -0.123. The van der Waals surface area contributed by atoms with E-state index >= 15 is 0 Å². The fourth-order valence-electron chi connectivity index (χ4n) is 3.39. The monoisotopic (exact) mass is 382 g/mol. The van der Waals surface area contributed by atoms with Crippen molar-refractivity contribution in [1.82, 2.24) is 5.32 Å². The Balaban J connectivity index is 2.65. The number of rotatable bonds is 8. The summed E-state index contributed by atoms with van der Waals surface area (Å²) in [6.45, 7) is 12.7. The van der Waals surface area contributed by atoms with Gasteiger partial charge in [0.05, 0.1) is 11.9 Å². The molecule has 0 bridgehead atoms. The van der Waals surface area contributed by atoms with Gasteiger partial charge >= 0.3 is 0 Å². The minimum atomic E-state index is -3.39. The van der Waals surface area contributed by atoms with Crippen LogP contribution >= 0.6 is 0 Å². The largest absolute Gasteiger partial charge is 0.351 e. The van der Waals surface area contributed by atoms with Crippen molar-refractivity contribution in [3.05, 3.63) is 29.8 Å². The van der Waals surface area contributed by atoms with Crippen LogP contribution in [0.1, 0.15) is 59.4 Å². The molecule has 0 fully saturated rings. The van der Waals surface area contributed by atoms with Crippen LogP contribution in [0.25, 0.3) is 0 Å². The van der Waals surface area contributed by atoms with Crippen molar-refractivity contribution in [1.29, 1.82) is 0 Å². The third-order valence-electron chi connectivity index (χ3n) is 3.94. The first-order valence-electron chi connectivity index (χ1n) is 9.05. The van der Waals surface area contributed by atoms with E-state index in [0.717, 1.165) is 12.0 Å². The molecule has 1 aromatic rings. The van der Waals surface area contributed by atoms with E-state index in [1.807, 2.05) is 32.9 Å². The summed E-state index contributed by atoms with van der Waals surface area (Å²) in [5.74, 6) is -0.0448. The van der Waals surface area contributed by atoms with Gasteiger partial charge in [0.15, 0.2) is 0 Å². The Morgan fingerprint density at radius 3 is 2.08 bits per heavy atom. The van der Waals surface area contributed by atoms with Crippen LogP contribution in [0.15, 0.2) is 24.3 Å². The second-order valence-electron chi connectivity index (χ2n) is 8.94. The third kappa shape index (κ3) is 8.21. The molecule has 0 heterocycles. The number of anilines is 1. The normalized spacial score (nSPS) is 12.7. The summed E-state index contributed by atoms with van der Waals surface area (Å²) in [4.78, 5) is 12.3. The van der Waals surface area contributed by atoms with Gasteiger partial charge in [0.25, 0.3) is 0 Å². The molecule has 1 rings (SSSR count). The van der Waals surface area contributed by atoms with Gasteiger partial charge in [0.1, 0.15) is 0 Å². The van der Waals surface area contributed by atoms with Crippen molar-refractivity contribution in [2.24, 2.45) is 5.41 Å². The van der Waals surface area contributed by atoms with Crippen LogP contribution in [0, 0.1) is 12.3 Å². The summed E-state index contributed by atoms with van der Waals surface area (Å²) in [5.41, 5.74) is 1.53. The number of nitrogens with one attached hydrogen (secondary N) is 1. The molecule has 0 aliphatic heterocycles. The van der Waals surface area contributed by atoms with Gasteiger partial charge < -0.3 is 5.32 Å². The molecule has 1 N–H and O–H groups in total. The van der Waals surface area contributed by atoms with Crippen LogP contribution < -0.4 is 9.62 Å². The van der Waals surface area contributed by atoms with E-state index in [4.69, 9.17) is 0 Å². The minimum Gasteiger partial charge on any atom is -0.351 e. The second kappa shape index (κ2) is 8.42. The summed E-state index contributed by atoms with van der Waals surface area (Å²) in [6.07, 6.45) is 2.83. The molecule has 0 spiro atoms. The zero-order chi connectivity index (χ0) is 20.2. The number of benzene rings is 1. The van der Waals surface area contributed by atoms with Gasteiger partial charge in [-0.1, -0.05) is 38.5 Å². The summed E-state index contributed by atoms with van der Waals surface area (Å²) in [7, 11) is -3.39. The summed E-state index contributed by atoms with van der Waals surface area (Å²) >= 11 is 0. The number of aryl methyl sites for hydroxylation is 1. The highest BCUT2D eigenvalue weighted by atomic mass is 32.2. The maximum Gasteiger partial charge on any atom is 0.232 e. The SMILES string of the molecule is Cc1ccc(N(CCCC(=O)NC(C)(C)CC(C)(C)C)S(C)(=O)=O)cc1. The maximum atomic E-state index is 12.3. The molecule has 0 aromatic heterocycles. The predicted molar refractivity (Wildman–Crippen MR) is 109 cm³/mol. The molecule has 0 aliphatic carbocycles. The number of sulfonamides is 1. The van der Waals surface area contributed by atoms with E-state index < -0.39 is 10.0 Å². The summed E-state index contributed by atoms with van der Waals surface area (Å²) in [6, 6.07) is 7.36. The molecule has 148 valence electrons. The van der Waals surface area contributed by atoms with Crippen molar-refractivity contribution >= 4 is 21.6 Å². The van der Waals surface area contributed by atoms with Crippen LogP contribution in [-0.2, 0) is 14.8 Å². The molecule has 1 aromatic carbocycles. The van der Waals surface area contributed by atoms with Gasteiger partial charge in [-0.05, 0) is 51.2 Å². The lowest BCUT2D eigenvalue weighted by atomic mass is 9.82. The first-order valence-corrected chi connectivity index (χ1v) is 10.9. The van der Waals surface area contributed by atoms with Crippen molar-refractivity contribution in [2.75, 3.05) is 17.1 Å². The molecule has 0 radical (unpaired) electrons. The smallest absolute Gasteiger partial charge is 0.232 e. The van der Waals surface area contributed by atoms with Gasteiger partial charge in [-0.2, -0.15) is 0 Å². The molecular weight excluding hydrogens is 348 g/mol. The zero-order valence-corrected chi connectivity index (χ0v) is 18.0. The van der Waals surface area contributed by atoms with Crippen LogP contribution in [0.4, 0.5) is 5.69 Å². The number of amides is 1. The van der Waals surface area contributed by atoms with Crippen molar-refractivity contribution in [3.8, 4) is 0 Å². The Labute approximate surface area is 159 Å². The first kappa shape index (κ1) is 22.5. The first-order chi connectivity index (χ1) is 11.7. The molecular formula is C20H34N2O3S. The molecule has 0 saturated heterocycles. The predicted octanol–water partition coefficient (Wildman–Crippen LogP) is 3.87. The van der Waals surface area contributed by atoms with E-state index in [1.54, 1.807) is 12.1 Å². The van der Waals surface area contributed by atoms with Crippen LogP contribution in [-0.4, -0.2) is 32.7 Å². The lowest BCUT2D eigenvalue weighted by Crippen LogP contribution is -2.46. The van der Waals surface area contributed by atoms with Crippen LogP contribution in [0.2, 0.25) is 0 Å². The molecule has 5 nitrogen and oxygen atoms in total. The molecule has 0 unspecified atom stereocenters. The number of carbonyl (C=O) groups excluding carboxylic acids is 1. The molecule has 0 atom stereocenters. The van der Waals surface area contributed by atoms with Crippen molar-refractivity contribution < 1.29 is 13.2 Å². The molecule has 26 heavy (non-hydrogen) atoms. The number of nitrogens with zero attached hydrogens (tertiary/aromatic N) is 1. The standard InChI is InChI=1S/C20H34N2O3S/c1-16-10-12-17(13-11-16)22(26(7,24)25)14-8-9-18(23)21-20(5,6)15-19(2,3)4/h10-13H,8-9,14-15H2,1-7H3,(H,21,23). The zero-order valence-electron chi connectivity index (χ0n) is 17.2. The Kier molecular flexibility index (Phi) is 7.28. The molecule has 0 aliphatic rings. The maximum absolute atomic E-state index is 12.3. The van der Waals surface area contributed by atoms with Gasteiger partial charge in [0, 0.05) is 18.5 Å². The second-order valence-corrected chi connectivity index (χ2v) is 10.9. The lowest BCUT2D eigenvalue weighted by Gasteiger charge is -2.33. The van der Waals surface area contributed by atoms with E-state index in [0.29, 0.717) is 18.5 Å². The topological polar surface area (TPSA) is 66.5 Å². The summed E-state index contributed by atoms with van der Waals surface area (Å²) < 4.78 is 25.6. The fraction of sp³-hybridized carbons (Fsp3) is 0.650. The van der Waals surface area contributed by atoms with E-state index in [-0.39, 0.29) is 23.4 Å². The van der Waals surface area contributed by atoms with Gasteiger partial charge in [0.2, 0.25) is 15.9 Å². The van der Waals surface area contributed by atoms with E-state index in [2.05, 4.69) is 26.1 Å². The highest BCUT2D eigenvalue weighted by Gasteiger charge is 2.27. The molecule has 1 amide bonds. The third-order valence-corrected chi connectivity index (χ3v) is 5.13. The van der Waals surface area contributed by atoms with E-state index in [9.17, 15) is 13.2 Å². The number of hydrogen-bond donors (Lipinski definition) is 1. The highest BCUT2D eigenvalue weighted by molar-refractivity contribution is 7.92. The molecule has 6 heteroatoms. The van der Waals surface area contributed by atoms with Crippen molar-refractivity contribution in [3.63, 3.8) is 0 Å². The quantitative estimate of drug-likeness (QED) is 0.742.